The molecule has 104 valence electrons. The number of halogens is 1. The minimum absolute atomic E-state index is 0.218. The van der Waals surface area contributed by atoms with Gasteiger partial charge in [-0.3, -0.25) is 4.90 Å². The molecule has 1 saturated carbocycles. The molecule has 1 aromatic rings. The first-order chi connectivity index (χ1) is 9.23. The van der Waals surface area contributed by atoms with Gasteiger partial charge in [-0.2, -0.15) is 0 Å². The van der Waals surface area contributed by atoms with Crippen LogP contribution in [0.1, 0.15) is 43.2 Å². The van der Waals surface area contributed by atoms with Crippen LogP contribution in [-0.2, 0) is 12.0 Å². The molecular weight excluding hydrogens is 256 g/mol. The third-order valence-electron chi connectivity index (χ3n) is 4.96. The molecule has 0 spiro atoms. The Morgan fingerprint density at radius 1 is 1.16 bits per heavy atom. The zero-order valence-electron chi connectivity index (χ0n) is 11.5. The van der Waals surface area contributed by atoms with Crippen LogP contribution >= 0.6 is 11.6 Å². The monoisotopic (exact) mass is 278 g/mol. The van der Waals surface area contributed by atoms with Crippen LogP contribution in [0.3, 0.4) is 0 Å². The molecule has 1 saturated heterocycles. The summed E-state index contributed by atoms with van der Waals surface area (Å²) in [5.41, 5.74) is 8.79. The van der Waals surface area contributed by atoms with Gasteiger partial charge in [0, 0.05) is 23.5 Å². The number of benzene rings is 1. The van der Waals surface area contributed by atoms with E-state index in [4.69, 9.17) is 17.3 Å². The van der Waals surface area contributed by atoms with Gasteiger partial charge in [0.15, 0.2) is 0 Å². The van der Waals surface area contributed by atoms with Gasteiger partial charge in [-0.25, -0.2) is 0 Å². The first-order valence-corrected chi connectivity index (χ1v) is 7.83. The summed E-state index contributed by atoms with van der Waals surface area (Å²) in [4.78, 5) is 2.49. The van der Waals surface area contributed by atoms with Crippen LogP contribution in [0, 0.1) is 0 Å². The van der Waals surface area contributed by atoms with Gasteiger partial charge in [0.1, 0.15) is 0 Å². The molecule has 0 aromatic heterocycles. The van der Waals surface area contributed by atoms with Gasteiger partial charge >= 0.3 is 0 Å². The van der Waals surface area contributed by atoms with Crippen LogP contribution in [0.2, 0.25) is 5.02 Å². The van der Waals surface area contributed by atoms with Gasteiger partial charge in [0.2, 0.25) is 0 Å². The zero-order valence-corrected chi connectivity index (χ0v) is 12.3. The van der Waals surface area contributed by atoms with Gasteiger partial charge in [-0.1, -0.05) is 30.2 Å². The van der Waals surface area contributed by atoms with Crippen LogP contribution in [-0.4, -0.2) is 24.5 Å². The Hall–Kier alpha value is -0.570. The first kappa shape index (κ1) is 13.4. The number of nitrogens with zero attached hydrogens (tertiary/aromatic N) is 1. The van der Waals surface area contributed by atoms with Crippen LogP contribution in [0.25, 0.3) is 0 Å². The average Bonchev–Trinajstić information content (AvgIpc) is 2.85. The van der Waals surface area contributed by atoms with Crippen molar-refractivity contribution in [1.82, 2.24) is 4.90 Å². The molecule has 3 heteroatoms. The third kappa shape index (κ3) is 2.54. The largest absolute Gasteiger partial charge is 0.330 e. The second-order valence-electron chi connectivity index (χ2n) is 6.13. The van der Waals surface area contributed by atoms with Gasteiger partial charge in [0.25, 0.3) is 0 Å². The summed E-state index contributed by atoms with van der Waals surface area (Å²) in [6, 6.07) is 6.63. The number of hydrogen-bond donors (Lipinski definition) is 1. The SMILES string of the molecule is NCC1(c2ccc(CN3CCCC3)c(Cl)c2)CCC1. The van der Waals surface area contributed by atoms with Gasteiger partial charge in [-0.05, 0) is 56.0 Å². The van der Waals surface area contributed by atoms with Crippen molar-refractivity contribution in [3.05, 3.63) is 34.3 Å². The summed E-state index contributed by atoms with van der Waals surface area (Å²) in [6.07, 6.45) is 6.37. The highest BCUT2D eigenvalue weighted by Crippen LogP contribution is 2.43. The predicted octanol–water partition coefficient (Wildman–Crippen LogP) is 3.32. The van der Waals surface area contributed by atoms with Gasteiger partial charge < -0.3 is 5.73 Å². The minimum atomic E-state index is 0.218. The highest BCUT2D eigenvalue weighted by molar-refractivity contribution is 6.31. The number of nitrogens with two attached hydrogens (primary N) is 1. The molecular formula is C16H23ClN2. The second kappa shape index (κ2) is 5.43. The quantitative estimate of drug-likeness (QED) is 0.915. The Balaban J connectivity index is 1.77. The molecule has 0 amide bonds. The van der Waals surface area contributed by atoms with E-state index in [1.807, 2.05) is 0 Å². The summed E-state index contributed by atoms with van der Waals surface area (Å²) >= 11 is 6.48. The first-order valence-electron chi connectivity index (χ1n) is 7.45. The van der Waals surface area contributed by atoms with Crippen LogP contribution in [0.15, 0.2) is 18.2 Å². The lowest BCUT2D eigenvalue weighted by molar-refractivity contribution is 0.253. The van der Waals surface area contributed by atoms with E-state index in [-0.39, 0.29) is 5.41 Å². The molecule has 2 fully saturated rings. The van der Waals surface area contributed by atoms with Crippen LogP contribution in [0.5, 0.6) is 0 Å². The summed E-state index contributed by atoms with van der Waals surface area (Å²) < 4.78 is 0. The fourth-order valence-electron chi connectivity index (χ4n) is 3.40. The lowest BCUT2D eigenvalue weighted by atomic mass is 9.64. The Morgan fingerprint density at radius 2 is 1.89 bits per heavy atom. The van der Waals surface area contributed by atoms with E-state index in [0.717, 1.165) is 18.1 Å². The Bertz CT molecular complexity index is 443. The lowest BCUT2D eigenvalue weighted by Gasteiger charge is -2.41. The fraction of sp³-hybridized carbons (Fsp3) is 0.625. The van der Waals surface area contributed by atoms with Crippen molar-refractivity contribution in [2.24, 2.45) is 5.73 Å². The third-order valence-corrected chi connectivity index (χ3v) is 5.31. The Labute approximate surface area is 120 Å². The maximum Gasteiger partial charge on any atom is 0.0453 e. The lowest BCUT2D eigenvalue weighted by Crippen LogP contribution is -2.41. The van der Waals surface area contributed by atoms with E-state index in [1.54, 1.807) is 0 Å². The molecule has 0 atom stereocenters. The van der Waals surface area contributed by atoms with Crippen molar-refractivity contribution in [2.45, 2.75) is 44.1 Å². The summed E-state index contributed by atoms with van der Waals surface area (Å²) in [7, 11) is 0. The topological polar surface area (TPSA) is 29.3 Å². The predicted molar refractivity (Wildman–Crippen MR) is 80.5 cm³/mol. The van der Waals surface area contributed by atoms with Gasteiger partial charge in [0.05, 0.1) is 0 Å². The average molecular weight is 279 g/mol. The highest BCUT2D eigenvalue weighted by Gasteiger charge is 2.37. The minimum Gasteiger partial charge on any atom is -0.330 e. The van der Waals surface area contributed by atoms with E-state index in [2.05, 4.69) is 23.1 Å². The van der Waals surface area contributed by atoms with Crippen molar-refractivity contribution in [3.8, 4) is 0 Å². The van der Waals surface area contributed by atoms with Crippen molar-refractivity contribution < 1.29 is 0 Å². The molecule has 1 aliphatic heterocycles. The maximum absolute atomic E-state index is 6.48. The molecule has 1 aromatic carbocycles. The molecule has 2 N–H and O–H groups in total. The summed E-state index contributed by atoms with van der Waals surface area (Å²) in [6.45, 7) is 4.17. The zero-order chi connectivity index (χ0) is 13.3. The van der Waals surface area contributed by atoms with Crippen molar-refractivity contribution in [2.75, 3.05) is 19.6 Å². The van der Waals surface area contributed by atoms with E-state index < -0.39 is 0 Å². The highest BCUT2D eigenvalue weighted by atomic mass is 35.5. The van der Waals surface area contributed by atoms with Crippen LogP contribution < -0.4 is 5.73 Å². The van der Waals surface area contributed by atoms with Crippen molar-refractivity contribution in [1.29, 1.82) is 0 Å². The number of rotatable bonds is 4. The van der Waals surface area contributed by atoms with E-state index in [1.165, 1.54) is 56.3 Å². The summed E-state index contributed by atoms with van der Waals surface area (Å²) in [5, 5.41) is 0.920. The van der Waals surface area contributed by atoms with E-state index in [0.29, 0.717) is 0 Å². The molecule has 0 unspecified atom stereocenters. The second-order valence-corrected chi connectivity index (χ2v) is 6.53. The van der Waals surface area contributed by atoms with Crippen molar-refractivity contribution >= 4 is 11.6 Å². The molecule has 0 radical (unpaired) electrons. The standard InChI is InChI=1S/C16H23ClN2/c17-15-10-14(16(12-18)6-3-7-16)5-4-13(15)11-19-8-1-2-9-19/h4-5,10H,1-3,6-9,11-12,18H2. The van der Waals surface area contributed by atoms with Crippen LogP contribution in [0.4, 0.5) is 0 Å². The Morgan fingerprint density at radius 3 is 2.42 bits per heavy atom. The molecule has 3 rings (SSSR count). The number of likely N-dealkylation sites (tertiary alicyclic amines) is 1. The Kier molecular flexibility index (Phi) is 3.84. The molecule has 19 heavy (non-hydrogen) atoms. The molecule has 2 aliphatic rings. The molecule has 0 bridgehead atoms. The summed E-state index contributed by atoms with van der Waals surface area (Å²) in [5.74, 6) is 0. The fourth-order valence-corrected chi connectivity index (χ4v) is 3.64. The number of hydrogen-bond acceptors (Lipinski definition) is 2. The van der Waals surface area contributed by atoms with E-state index >= 15 is 0 Å². The van der Waals surface area contributed by atoms with Crippen molar-refractivity contribution in [3.63, 3.8) is 0 Å². The maximum atomic E-state index is 6.48. The molecule has 2 nitrogen and oxygen atoms in total. The molecule has 1 heterocycles. The smallest absolute Gasteiger partial charge is 0.0453 e. The van der Waals surface area contributed by atoms with E-state index in [9.17, 15) is 0 Å². The molecule has 1 aliphatic carbocycles. The normalized spacial score (nSPS) is 22.4. The van der Waals surface area contributed by atoms with Gasteiger partial charge in [-0.15, -0.1) is 0 Å².